The van der Waals surface area contributed by atoms with E-state index in [4.69, 9.17) is 4.74 Å². The third kappa shape index (κ3) is 8.76. The molecule has 0 radical (unpaired) electrons. The third-order valence-electron chi connectivity index (χ3n) is 2.06. The van der Waals surface area contributed by atoms with Crippen molar-refractivity contribution in [3.8, 4) is 0 Å². The van der Waals surface area contributed by atoms with Crippen LogP contribution >= 0.6 is 15.9 Å². The van der Waals surface area contributed by atoms with Crippen molar-refractivity contribution in [2.45, 2.75) is 58.5 Å². The van der Waals surface area contributed by atoms with E-state index in [1.165, 1.54) is 32.1 Å². The summed E-state index contributed by atoms with van der Waals surface area (Å²) in [6.45, 7) is 7.38. The lowest BCUT2D eigenvalue weighted by atomic mass is 10.1. The molecule has 0 aromatic rings. The molecule has 0 bridgehead atoms. The molecule has 0 saturated heterocycles. The first-order chi connectivity index (χ1) is 6.12. The van der Waals surface area contributed by atoms with Crippen molar-refractivity contribution in [2.75, 3.05) is 11.9 Å². The molecule has 0 rings (SSSR count). The van der Waals surface area contributed by atoms with Crippen LogP contribution in [0.2, 0.25) is 0 Å². The van der Waals surface area contributed by atoms with E-state index in [0.29, 0.717) is 0 Å². The van der Waals surface area contributed by atoms with Crippen LogP contribution in [0.1, 0.15) is 52.9 Å². The van der Waals surface area contributed by atoms with Crippen molar-refractivity contribution in [3.63, 3.8) is 0 Å². The maximum atomic E-state index is 5.71. The van der Waals surface area contributed by atoms with Gasteiger partial charge in [-0.1, -0.05) is 48.5 Å². The van der Waals surface area contributed by atoms with Gasteiger partial charge in [-0.3, -0.25) is 0 Å². The van der Waals surface area contributed by atoms with Gasteiger partial charge < -0.3 is 4.74 Å². The average molecular weight is 251 g/mol. The second-order valence-electron chi connectivity index (χ2n) is 4.16. The maximum absolute atomic E-state index is 5.71. The van der Waals surface area contributed by atoms with E-state index in [1.807, 2.05) is 0 Å². The number of halogens is 1. The fourth-order valence-corrected chi connectivity index (χ4v) is 1.25. The number of alkyl halides is 1. The fourth-order valence-electron chi connectivity index (χ4n) is 1.09. The number of unbranched alkanes of at least 4 members (excludes halogenated alkanes) is 4. The Morgan fingerprint density at radius 3 is 2.23 bits per heavy atom. The van der Waals surface area contributed by atoms with E-state index in [2.05, 4.69) is 36.7 Å². The molecule has 0 unspecified atom stereocenters. The van der Waals surface area contributed by atoms with Gasteiger partial charge in [-0.15, -0.1) is 0 Å². The predicted octanol–water partition coefficient (Wildman–Crippen LogP) is 4.15. The lowest BCUT2D eigenvalue weighted by molar-refractivity contribution is -0.000133. The number of hydrogen-bond donors (Lipinski definition) is 0. The van der Waals surface area contributed by atoms with Gasteiger partial charge in [0.15, 0.2) is 0 Å². The summed E-state index contributed by atoms with van der Waals surface area (Å²) in [5, 5.41) is 0.912. The highest BCUT2D eigenvalue weighted by atomic mass is 79.9. The van der Waals surface area contributed by atoms with Gasteiger partial charge in [0.2, 0.25) is 0 Å². The van der Waals surface area contributed by atoms with Gasteiger partial charge >= 0.3 is 0 Å². The van der Waals surface area contributed by atoms with Crippen LogP contribution in [0.4, 0.5) is 0 Å². The normalized spacial score (nSPS) is 12.0. The molecule has 0 saturated carbocycles. The van der Waals surface area contributed by atoms with Crippen LogP contribution in [-0.4, -0.2) is 17.5 Å². The molecule has 0 amide bonds. The molecule has 0 aromatic carbocycles. The zero-order valence-electron chi connectivity index (χ0n) is 9.24. The molecule has 0 aromatic heterocycles. The molecule has 0 heterocycles. The minimum Gasteiger partial charge on any atom is -0.375 e. The average Bonchev–Trinajstić information content (AvgIpc) is 2.11. The number of rotatable bonds is 8. The smallest absolute Gasteiger partial charge is 0.0722 e. The van der Waals surface area contributed by atoms with Gasteiger partial charge in [-0.05, 0) is 20.3 Å². The molecule has 2 heteroatoms. The van der Waals surface area contributed by atoms with Crippen LogP contribution in [-0.2, 0) is 4.74 Å². The van der Waals surface area contributed by atoms with Crippen LogP contribution in [0, 0.1) is 0 Å². The molecule has 0 spiro atoms. The highest BCUT2D eigenvalue weighted by molar-refractivity contribution is 9.09. The molecule has 0 atom stereocenters. The minimum atomic E-state index is 0.00472. The van der Waals surface area contributed by atoms with Gasteiger partial charge in [0.1, 0.15) is 0 Å². The molecule has 0 N–H and O–H groups in total. The molecule has 13 heavy (non-hydrogen) atoms. The third-order valence-corrected chi connectivity index (χ3v) is 3.41. The molecule has 0 aliphatic heterocycles. The predicted molar refractivity (Wildman–Crippen MR) is 62.6 cm³/mol. The second-order valence-corrected chi connectivity index (χ2v) is 4.72. The van der Waals surface area contributed by atoms with Gasteiger partial charge in [-0.2, -0.15) is 0 Å². The van der Waals surface area contributed by atoms with Crippen LogP contribution in [0.15, 0.2) is 0 Å². The Kier molecular flexibility index (Phi) is 8.07. The lowest BCUT2D eigenvalue weighted by Crippen LogP contribution is -2.26. The Morgan fingerprint density at radius 1 is 1.08 bits per heavy atom. The summed E-state index contributed by atoms with van der Waals surface area (Å²) in [6.07, 6.45) is 6.55. The Morgan fingerprint density at radius 2 is 1.69 bits per heavy atom. The summed E-state index contributed by atoms with van der Waals surface area (Å²) in [5.41, 5.74) is 0.00472. The minimum absolute atomic E-state index is 0.00472. The van der Waals surface area contributed by atoms with E-state index >= 15 is 0 Å². The van der Waals surface area contributed by atoms with Crippen LogP contribution in [0.25, 0.3) is 0 Å². The second kappa shape index (κ2) is 7.81. The van der Waals surface area contributed by atoms with E-state index in [-0.39, 0.29) is 5.60 Å². The zero-order valence-corrected chi connectivity index (χ0v) is 10.8. The highest BCUT2D eigenvalue weighted by Crippen LogP contribution is 2.13. The summed E-state index contributed by atoms with van der Waals surface area (Å²) in [5.74, 6) is 0. The summed E-state index contributed by atoms with van der Waals surface area (Å²) < 4.78 is 5.71. The van der Waals surface area contributed by atoms with E-state index in [0.717, 1.165) is 11.9 Å². The fraction of sp³-hybridized carbons (Fsp3) is 1.00. The van der Waals surface area contributed by atoms with Gasteiger partial charge in [0, 0.05) is 11.9 Å². The summed E-state index contributed by atoms with van der Waals surface area (Å²) >= 11 is 3.44. The SMILES string of the molecule is CCCCCCCOC(C)(C)CBr. The molecule has 1 nitrogen and oxygen atoms in total. The highest BCUT2D eigenvalue weighted by Gasteiger charge is 2.15. The first-order valence-electron chi connectivity index (χ1n) is 5.32. The monoisotopic (exact) mass is 250 g/mol. The van der Waals surface area contributed by atoms with Crippen molar-refractivity contribution in [3.05, 3.63) is 0 Å². The van der Waals surface area contributed by atoms with Gasteiger partial charge in [0.25, 0.3) is 0 Å². The first-order valence-corrected chi connectivity index (χ1v) is 6.44. The van der Waals surface area contributed by atoms with Crippen molar-refractivity contribution in [1.29, 1.82) is 0 Å². The van der Waals surface area contributed by atoms with Crippen LogP contribution in [0.3, 0.4) is 0 Å². The quantitative estimate of drug-likeness (QED) is 0.465. The summed E-state index contributed by atoms with van der Waals surface area (Å²) in [6, 6.07) is 0. The van der Waals surface area contributed by atoms with E-state index in [9.17, 15) is 0 Å². The van der Waals surface area contributed by atoms with Crippen molar-refractivity contribution >= 4 is 15.9 Å². The molecule has 80 valence electrons. The summed E-state index contributed by atoms with van der Waals surface area (Å²) in [4.78, 5) is 0. The Bertz CT molecular complexity index is 113. The van der Waals surface area contributed by atoms with Crippen molar-refractivity contribution < 1.29 is 4.74 Å². The largest absolute Gasteiger partial charge is 0.375 e. The molecular formula is C11H23BrO. The number of hydrogen-bond acceptors (Lipinski definition) is 1. The van der Waals surface area contributed by atoms with Crippen molar-refractivity contribution in [2.24, 2.45) is 0 Å². The standard InChI is InChI=1S/C11H23BrO/c1-4-5-6-7-8-9-13-11(2,3)10-12/h4-10H2,1-3H3. The molecule has 0 fully saturated rings. The van der Waals surface area contributed by atoms with E-state index in [1.54, 1.807) is 0 Å². The Labute approximate surface area is 91.4 Å². The maximum Gasteiger partial charge on any atom is 0.0722 e. The first kappa shape index (κ1) is 13.4. The van der Waals surface area contributed by atoms with Crippen LogP contribution in [0.5, 0.6) is 0 Å². The van der Waals surface area contributed by atoms with Gasteiger partial charge in [0.05, 0.1) is 5.60 Å². The Balaban J connectivity index is 3.16. The molecule has 0 aliphatic carbocycles. The molecular weight excluding hydrogens is 228 g/mol. The lowest BCUT2D eigenvalue weighted by Gasteiger charge is -2.22. The topological polar surface area (TPSA) is 9.23 Å². The van der Waals surface area contributed by atoms with E-state index < -0.39 is 0 Å². The van der Waals surface area contributed by atoms with Crippen molar-refractivity contribution in [1.82, 2.24) is 0 Å². The molecule has 0 aliphatic rings. The summed E-state index contributed by atoms with van der Waals surface area (Å²) in [7, 11) is 0. The Hall–Kier alpha value is 0.440. The zero-order chi connectivity index (χ0) is 10.2. The number of ether oxygens (including phenoxy) is 1. The van der Waals surface area contributed by atoms with Gasteiger partial charge in [-0.25, -0.2) is 0 Å². The van der Waals surface area contributed by atoms with Crippen LogP contribution < -0.4 is 0 Å².